The Balaban J connectivity index is 3.20. The fourth-order valence-corrected chi connectivity index (χ4v) is 1.56. The van der Waals surface area contributed by atoms with Gasteiger partial charge in [0.15, 0.2) is 0 Å². The van der Waals surface area contributed by atoms with Crippen molar-refractivity contribution in [1.29, 1.82) is 0 Å². The van der Waals surface area contributed by atoms with Gasteiger partial charge in [-0.25, -0.2) is 0 Å². The average molecular weight is 271 g/mol. The van der Waals surface area contributed by atoms with Crippen molar-refractivity contribution in [2.24, 2.45) is 0 Å². The molecule has 1 aromatic carbocycles. The van der Waals surface area contributed by atoms with E-state index in [0.29, 0.717) is 17.8 Å². The molecule has 0 aliphatic rings. The van der Waals surface area contributed by atoms with Gasteiger partial charge in [-0.3, -0.25) is 10.1 Å². The lowest BCUT2D eigenvalue weighted by molar-refractivity contribution is -0.384. The summed E-state index contributed by atoms with van der Waals surface area (Å²) in [6.07, 6.45) is 1.65. The summed E-state index contributed by atoms with van der Waals surface area (Å²) in [7, 11) is 0. The minimum atomic E-state index is -0.383. The standard InChI is InChI=1S/C10H11BrN2O2/c1-3-6-12-9-5-4-8(11)7(2)10(9)13(14)15/h3-5,12H,1,6H2,2H3. The number of nitro groups is 1. The zero-order chi connectivity index (χ0) is 11.4. The molecule has 1 rings (SSSR count). The second kappa shape index (κ2) is 4.93. The van der Waals surface area contributed by atoms with Crippen LogP contribution in [0.25, 0.3) is 0 Å². The van der Waals surface area contributed by atoms with Gasteiger partial charge in [-0.15, -0.1) is 6.58 Å². The lowest BCUT2D eigenvalue weighted by atomic mass is 10.1. The van der Waals surface area contributed by atoms with Crippen molar-refractivity contribution in [2.45, 2.75) is 6.92 Å². The topological polar surface area (TPSA) is 55.2 Å². The number of hydrogen-bond acceptors (Lipinski definition) is 3. The number of nitrogens with zero attached hydrogens (tertiary/aromatic N) is 1. The Kier molecular flexibility index (Phi) is 3.85. The quantitative estimate of drug-likeness (QED) is 0.519. The molecule has 0 bridgehead atoms. The molecule has 1 aromatic rings. The fourth-order valence-electron chi connectivity index (χ4n) is 1.24. The lowest BCUT2D eigenvalue weighted by Crippen LogP contribution is -2.03. The zero-order valence-electron chi connectivity index (χ0n) is 8.29. The van der Waals surface area contributed by atoms with E-state index in [2.05, 4.69) is 27.8 Å². The molecule has 1 N–H and O–H groups in total. The Morgan fingerprint density at radius 2 is 2.33 bits per heavy atom. The number of hydrogen-bond donors (Lipinski definition) is 1. The first kappa shape index (κ1) is 11.7. The zero-order valence-corrected chi connectivity index (χ0v) is 9.87. The summed E-state index contributed by atoms with van der Waals surface area (Å²) in [5.74, 6) is 0. The first-order valence-corrected chi connectivity index (χ1v) is 5.15. The number of halogens is 1. The van der Waals surface area contributed by atoms with Crippen LogP contribution < -0.4 is 5.32 Å². The molecule has 0 radical (unpaired) electrons. The van der Waals surface area contributed by atoms with Crippen LogP contribution in [0.4, 0.5) is 11.4 Å². The molecule has 5 heteroatoms. The van der Waals surface area contributed by atoms with Crippen molar-refractivity contribution in [3.63, 3.8) is 0 Å². The van der Waals surface area contributed by atoms with E-state index in [0.717, 1.165) is 4.47 Å². The lowest BCUT2D eigenvalue weighted by Gasteiger charge is -2.07. The maximum absolute atomic E-state index is 10.9. The summed E-state index contributed by atoms with van der Waals surface area (Å²) in [5.41, 5.74) is 1.24. The second-order valence-corrected chi connectivity index (χ2v) is 3.85. The first-order valence-electron chi connectivity index (χ1n) is 4.36. The molecule has 0 unspecified atom stereocenters. The van der Waals surface area contributed by atoms with Crippen molar-refractivity contribution < 1.29 is 4.92 Å². The molecule has 15 heavy (non-hydrogen) atoms. The van der Waals surface area contributed by atoms with Crippen LogP contribution in [0.15, 0.2) is 29.3 Å². The molecule has 0 fully saturated rings. The van der Waals surface area contributed by atoms with Crippen LogP contribution >= 0.6 is 15.9 Å². The van der Waals surface area contributed by atoms with Crippen molar-refractivity contribution in [1.82, 2.24) is 0 Å². The summed E-state index contributed by atoms with van der Waals surface area (Å²) in [6.45, 7) is 5.76. The van der Waals surface area contributed by atoms with E-state index in [1.165, 1.54) is 0 Å². The summed E-state index contributed by atoms with van der Waals surface area (Å²) < 4.78 is 0.735. The van der Waals surface area contributed by atoms with Crippen LogP contribution in [0, 0.1) is 17.0 Å². The third kappa shape index (κ3) is 2.56. The van der Waals surface area contributed by atoms with E-state index in [-0.39, 0.29) is 10.6 Å². The Bertz CT molecular complexity index is 405. The van der Waals surface area contributed by atoms with Gasteiger partial charge >= 0.3 is 0 Å². The third-order valence-corrected chi connectivity index (χ3v) is 2.84. The van der Waals surface area contributed by atoms with Gasteiger partial charge in [0.2, 0.25) is 0 Å². The maximum atomic E-state index is 10.9. The van der Waals surface area contributed by atoms with Crippen molar-refractivity contribution in [2.75, 3.05) is 11.9 Å². The summed E-state index contributed by atoms with van der Waals surface area (Å²) in [6, 6.07) is 3.46. The molecular formula is C10H11BrN2O2. The van der Waals surface area contributed by atoms with Crippen LogP contribution in [0.3, 0.4) is 0 Å². The predicted octanol–water partition coefficient (Wildman–Crippen LogP) is 3.26. The Morgan fingerprint density at radius 1 is 1.67 bits per heavy atom. The highest BCUT2D eigenvalue weighted by atomic mass is 79.9. The monoisotopic (exact) mass is 270 g/mol. The van der Waals surface area contributed by atoms with E-state index in [1.807, 2.05) is 0 Å². The first-order chi connectivity index (χ1) is 7.07. The van der Waals surface area contributed by atoms with Gasteiger partial charge < -0.3 is 5.32 Å². The Morgan fingerprint density at radius 3 is 2.87 bits per heavy atom. The number of benzene rings is 1. The molecule has 0 spiro atoms. The van der Waals surface area contributed by atoms with Gasteiger partial charge in [0.25, 0.3) is 5.69 Å². The van der Waals surface area contributed by atoms with Crippen LogP contribution in [0.2, 0.25) is 0 Å². The second-order valence-electron chi connectivity index (χ2n) is 3.00. The van der Waals surface area contributed by atoms with Gasteiger partial charge in [0.05, 0.1) is 4.92 Å². The number of nitro benzene ring substituents is 1. The summed E-state index contributed by atoms with van der Waals surface area (Å²) in [4.78, 5) is 10.5. The molecule has 4 nitrogen and oxygen atoms in total. The fraction of sp³-hybridized carbons (Fsp3) is 0.200. The van der Waals surface area contributed by atoms with Crippen molar-refractivity contribution in [3.05, 3.63) is 44.9 Å². The highest BCUT2D eigenvalue weighted by Gasteiger charge is 2.18. The normalized spacial score (nSPS) is 9.73. The van der Waals surface area contributed by atoms with Crippen LogP contribution in [0.1, 0.15) is 5.56 Å². The number of nitrogens with one attached hydrogen (secondary N) is 1. The summed E-state index contributed by atoms with van der Waals surface area (Å²) in [5, 5.41) is 13.8. The Hall–Kier alpha value is -1.36. The molecule has 0 saturated carbocycles. The predicted molar refractivity (Wildman–Crippen MR) is 64.2 cm³/mol. The highest BCUT2D eigenvalue weighted by Crippen LogP contribution is 2.33. The number of anilines is 1. The SMILES string of the molecule is C=CCNc1ccc(Br)c(C)c1[N+](=O)[O-]. The largest absolute Gasteiger partial charge is 0.376 e. The Labute approximate surface area is 96.3 Å². The molecule has 0 aliphatic heterocycles. The van der Waals surface area contributed by atoms with Gasteiger partial charge in [-0.1, -0.05) is 22.0 Å². The van der Waals surface area contributed by atoms with Crippen LogP contribution in [0.5, 0.6) is 0 Å². The van der Waals surface area contributed by atoms with Gasteiger partial charge in [-0.05, 0) is 19.1 Å². The van der Waals surface area contributed by atoms with Crippen molar-refractivity contribution in [3.8, 4) is 0 Å². The van der Waals surface area contributed by atoms with E-state index in [1.54, 1.807) is 25.1 Å². The molecule has 0 amide bonds. The molecule has 0 saturated heterocycles. The molecule has 80 valence electrons. The minimum absolute atomic E-state index is 0.103. The molecular weight excluding hydrogens is 260 g/mol. The molecule has 0 aromatic heterocycles. The molecule has 0 heterocycles. The third-order valence-electron chi connectivity index (χ3n) is 1.98. The van der Waals surface area contributed by atoms with Gasteiger partial charge in [0, 0.05) is 16.6 Å². The van der Waals surface area contributed by atoms with Crippen molar-refractivity contribution >= 4 is 27.3 Å². The minimum Gasteiger partial charge on any atom is -0.376 e. The smallest absolute Gasteiger partial charge is 0.296 e. The average Bonchev–Trinajstić information content (AvgIpc) is 2.19. The van der Waals surface area contributed by atoms with E-state index < -0.39 is 0 Å². The summed E-state index contributed by atoms with van der Waals surface area (Å²) >= 11 is 3.26. The van der Waals surface area contributed by atoms with Gasteiger partial charge in [-0.2, -0.15) is 0 Å². The van der Waals surface area contributed by atoms with E-state index >= 15 is 0 Å². The highest BCUT2D eigenvalue weighted by molar-refractivity contribution is 9.10. The number of rotatable bonds is 4. The van der Waals surface area contributed by atoms with E-state index in [4.69, 9.17) is 0 Å². The molecule has 0 aliphatic carbocycles. The van der Waals surface area contributed by atoms with E-state index in [9.17, 15) is 10.1 Å². The van der Waals surface area contributed by atoms with Crippen LogP contribution in [-0.4, -0.2) is 11.5 Å². The van der Waals surface area contributed by atoms with Gasteiger partial charge in [0.1, 0.15) is 5.69 Å². The maximum Gasteiger partial charge on any atom is 0.296 e. The molecule has 0 atom stereocenters. The van der Waals surface area contributed by atoms with Crippen LogP contribution in [-0.2, 0) is 0 Å².